The second-order valence-corrected chi connectivity index (χ2v) is 15.5. The molecular weight excluding hydrogens is 430 g/mol. The minimum absolute atomic E-state index is 0.00187. The Balaban J connectivity index is 2.47. The molecule has 0 heterocycles. The summed E-state index contributed by atoms with van der Waals surface area (Å²) < 4.78 is 28.1. The summed E-state index contributed by atoms with van der Waals surface area (Å²) in [6, 6.07) is 12.2. The second kappa shape index (κ2) is 8.88. The van der Waals surface area contributed by atoms with Gasteiger partial charge in [-0.1, -0.05) is 0 Å². The molecule has 0 aliphatic heterocycles. The molecule has 0 spiro atoms. The number of rotatable bonds is 4. The van der Waals surface area contributed by atoms with Gasteiger partial charge in [-0.15, -0.1) is 0 Å². The van der Waals surface area contributed by atoms with Gasteiger partial charge in [0.25, 0.3) is 0 Å². The first-order valence-corrected chi connectivity index (χ1v) is 14.2. The number of halogens is 1. The van der Waals surface area contributed by atoms with Gasteiger partial charge in [-0.3, -0.25) is 0 Å². The maximum absolute atomic E-state index is 16.0. The van der Waals surface area contributed by atoms with E-state index in [1.165, 1.54) is 17.8 Å². The normalized spacial score (nSPS) is 14.2. The molecule has 2 rings (SSSR count). The van der Waals surface area contributed by atoms with Gasteiger partial charge in [0.05, 0.1) is 0 Å². The Kier molecular flexibility index (Phi) is 7.44. The molecule has 0 amide bonds. The Labute approximate surface area is 202 Å². The molecule has 33 heavy (non-hydrogen) atoms. The number of hydrogen-bond acceptors (Lipinski definition) is 2. The van der Waals surface area contributed by atoms with Crippen molar-refractivity contribution in [2.75, 3.05) is 6.66 Å². The molecule has 2 nitrogen and oxygen atoms in total. The zero-order chi connectivity index (χ0) is 25.6. The van der Waals surface area contributed by atoms with Crippen LogP contribution in [0.15, 0.2) is 36.4 Å². The molecule has 0 saturated heterocycles. The molecule has 4 heteroatoms. The van der Waals surface area contributed by atoms with Crippen LogP contribution in [0.1, 0.15) is 105 Å². The standard InChI is InChI=1S/C29H46FO2P/c1-26(2,3)20-14-16-24(22(18-20)28(7,8)9)31-33(13,30)32-25-17-15-21(27(4,5)6)19-23(25)29(10,11)12/h14-19,33H,1-13H3. The van der Waals surface area contributed by atoms with Gasteiger partial charge in [-0.2, -0.15) is 0 Å². The van der Waals surface area contributed by atoms with Crippen LogP contribution < -0.4 is 9.05 Å². The van der Waals surface area contributed by atoms with Gasteiger partial charge in [0.15, 0.2) is 0 Å². The molecule has 186 valence electrons. The summed E-state index contributed by atoms with van der Waals surface area (Å²) in [5, 5.41) is 0. The molecule has 0 unspecified atom stereocenters. The fourth-order valence-electron chi connectivity index (χ4n) is 3.76. The first kappa shape index (κ1) is 27.6. The molecule has 0 aliphatic rings. The zero-order valence-corrected chi connectivity index (χ0v) is 24.2. The molecular formula is C29H46FO2P. The molecule has 0 radical (unpaired) electrons. The Hall–Kier alpha value is -1.60. The predicted molar refractivity (Wildman–Crippen MR) is 144 cm³/mol. The Bertz CT molecular complexity index is 901. The SMILES string of the molecule is CC(C)(C)c1ccc(O[PH](C)(F)Oc2ccc(C(C)(C)C)cc2C(C)(C)C)c(C(C)(C)C)c1. The van der Waals surface area contributed by atoms with Crippen molar-refractivity contribution < 1.29 is 13.2 Å². The predicted octanol–water partition coefficient (Wildman–Crippen LogP) is 9.43. The monoisotopic (exact) mass is 476 g/mol. The summed E-state index contributed by atoms with van der Waals surface area (Å²) in [5.41, 5.74) is 4.02. The maximum atomic E-state index is 16.0. The van der Waals surface area contributed by atoms with E-state index in [9.17, 15) is 0 Å². The number of benzene rings is 2. The van der Waals surface area contributed by atoms with Crippen LogP contribution in [0.2, 0.25) is 0 Å². The van der Waals surface area contributed by atoms with E-state index >= 15 is 4.20 Å². The summed E-state index contributed by atoms with van der Waals surface area (Å²) in [7, 11) is -4.03. The summed E-state index contributed by atoms with van der Waals surface area (Å²) in [5.74, 6) is 1.13. The van der Waals surface area contributed by atoms with Crippen LogP contribution in [-0.2, 0) is 21.7 Å². The van der Waals surface area contributed by atoms with Crippen LogP contribution in [0, 0.1) is 0 Å². The molecule has 0 fully saturated rings. The van der Waals surface area contributed by atoms with Gasteiger partial charge < -0.3 is 0 Å². The van der Waals surface area contributed by atoms with Crippen LogP contribution in [0.25, 0.3) is 0 Å². The van der Waals surface area contributed by atoms with Crippen molar-refractivity contribution in [1.82, 2.24) is 0 Å². The topological polar surface area (TPSA) is 18.5 Å². The van der Waals surface area contributed by atoms with Crippen molar-refractivity contribution in [3.63, 3.8) is 0 Å². The van der Waals surface area contributed by atoms with Gasteiger partial charge in [-0.05, 0) is 0 Å². The molecule has 0 aromatic heterocycles. The second-order valence-electron chi connectivity index (χ2n) is 13.5. The van der Waals surface area contributed by atoms with Gasteiger partial charge in [0.2, 0.25) is 0 Å². The fourth-order valence-corrected chi connectivity index (χ4v) is 4.94. The van der Waals surface area contributed by atoms with E-state index in [1.807, 2.05) is 24.3 Å². The van der Waals surface area contributed by atoms with E-state index in [0.29, 0.717) is 11.5 Å². The first-order valence-electron chi connectivity index (χ1n) is 12.0. The van der Waals surface area contributed by atoms with Crippen molar-refractivity contribution in [1.29, 1.82) is 0 Å². The van der Waals surface area contributed by atoms with E-state index < -0.39 is 8.03 Å². The van der Waals surface area contributed by atoms with Crippen LogP contribution in [0.3, 0.4) is 0 Å². The Morgan fingerprint density at radius 3 is 1.09 bits per heavy atom. The van der Waals surface area contributed by atoms with E-state index in [0.717, 1.165) is 11.1 Å². The summed E-state index contributed by atoms with van der Waals surface area (Å²) >= 11 is 0. The zero-order valence-electron chi connectivity index (χ0n) is 23.2. The van der Waals surface area contributed by atoms with E-state index in [4.69, 9.17) is 9.05 Å². The van der Waals surface area contributed by atoms with Crippen molar-refractivity contribution in [3.8, 4) is 11.5 Å². The Morgan fingerprint density at radius 1 is 0.545 bits per heavy atom. The van der Waals surface area contributed by atoms with Crippen molar-refractivity contribution in [3.05, 3.63) is 58.7 Å². The van der Waals surface area contributed by atoms with Crippen molar-refractivity contribution >= 4 is 8.03 Å². The Morgan fingerprint density at radius 2 is 0.848 bits per heavy atom. The molecule has 2 aromatic carbocycles. The molecule has 0 bridgehead atoms. The third-order valence-corrected chi connectivity index (χ3v) is 7.06. The average Bonchev–Trinajstić information content (AvgIpc) is 2.57. The molecule has 0 saturated carbocycles. The van der Waals surface area contributed by atoms with Crippen LogP contribution >= 0.6 is 8.03 Å². The van der Waals surface area contributed by atoms with Crippen molar-refractivity contribution in [2.45, 2.75) is 105 Å². The minimum atomic E-state index is -4.03. The van der Waals surface area contributed by atoms with Gasteiger partial charge in [0, 0.05) is 0 Å². The summed E-state index contributed by atoms with van der Waals surface area (Å²) in [6.45, 7) is 27.3. The molecule has 2 aromatic rings. The summed E-state index contributed by atoms with van der Waals surface area (Å²) in [6.07, 6.45) is 0. The average molecular weight is 477 g/mol. The fraction of sp³-hybridized carbons (Fsp3) is 0.586. The van der Waals surface area contributed by atoms with Gasteiger partial charge >= 0.3 is 203 Å². The van der Waals surface area contributed by atoms with Crippen LogP contribution in [0.5, 0.6) is 11.5 Å². The van der Waals surface area contributed by atoms with Crippen LogP contribution in [0.4, 0.5) is 4.20 Å². The first-order chi connectivity index (χ1) is 14.6. The van der Waals surface area contributed by atoms with Gasteiger partial charge in [-0.25, -0.2) is 0 Å². The van der Waals surface area contributed by atoms with E-state index in [2.05, 4.69) is 95.2 Å². The number of hydrogen-bond donors (Lipinski definition) is 0. The van der Waals surface area contributed by atoms with Gasteiger partial charge in [0.1, 0.15) is 0 Å². The van der Waals surface area contributed by atoms with E-state index in [1.54, 1.807) is 0 Å². The van der Waals surface area contributed by atoms with Crippen molar-refractivity contribution in [2.24, 2.45) is 0 Å². The quantitative estimate of drug-likeness (QED) is 0.409. The molecule has 0 aliphatic carbocycles. The summed E-state index contributed by atoms with van der Waals surface area (Å²) in [4.78, 5) is 0. The van der Waals surface area contributed by atoms with E-state index in [-0.39, 0.29) is 21.7 Å². The van der Waals surface area contributed by atoms with Crippen LogP contribution in [-0.4, -0.2) is 6.66 Å². The third kappa shape index (κ3) is 7.19. The molecule has 0 atom stereocenters. The molecule has 0 N–H and O–H groups in total. The third-order valence-electron chi connectivity index (χ3n) is 5.89.